The maximum absolute atomic E-state index is 10.7. The fraction of sp³-hybridized carbons (Fsp3) is 0. The predicted octanol–water partition coefficient (Wildman–Crippen LogP) is 4.19. The zero-order chi connectivity index (χ0) is 13.1. The molecule has 0 unspecified atom stereocenters. The van der Waals surface area contributed by atoms with Crippen molar-refractivity contribution in [3.8, 4) is 11.1 Å². The predicted molar refractivity (Wildman–Crippen MR) is 88.1 cm³/mol. The second kappa shape index (κ2) is 5.92. The lowest BCUT2D eigenvalue weighted by Gasteiger charge is -2.08. The van der Waals surface area contributed by atoms with Crippen LogP contribution in [0.2, 0.25) is 0 Å². The summed E-state index contributed by atoms with van der Waals surface area (Å²) in [7, 11) is 0. The van der Waals surface area contributed by atoms with Crippen molar-refractivity contribution in [2.45, 2.75) is 0 Å². The smallest absolute Gasteiger partial charge is 0.150 e. The van der Waals surface area contributed by atoms with Gasteiger partial charge in [0, 0.05) is 18.3 Å². The zero-order valence-corrected chi connectivity index (χ0v) is 13.5. The second-order valence-electron chi connectivity index (χ2n) is 3.71. The van der Waals surface area contributed by atoms with E-state index >= 15 is 0 Å². The molecule has 4 heteroatoms. The Bertz CT molecular complexity index is 566. The van der Waals surface area contributed by atoms with E-state index < -0.39 is 0 Å². The number of benzene rings is 2. The van der Waals surface area contributed by atoms with Crippen molar-refractivity contribution in [1.29, 1.82) is 0 Å². The van der Waals surface area contributed by atoms with Gasteiger partial charge < -0.3 is 0 Å². The maximum Gasteiger partial charge on any atom is 0.150 e. The number of halogens is 2. The van der Waals surface area contributed by atoms with E-state index in [0.717, 1.165) is 30.8 Å². The average molecular weight is 462 g/mol. The van der Waals surface area contributed by atoms with Gasteiger partial charge >= 0.3 is 0 Å². The average Bonchev–Trinajstić information content (AvgIpc) is 2.39. The van der Waals surface area contributed by atoms with Crippen LogP contribution in [-0.4, -0.2) is 12.6 Å². The van der Waals surface area contributed by atoms with Crippen molar-refractivity contribution in [3.05, 3.63) is 54.7 Å². The standard InChI is InChI=1S/C14H8I2O2/c15-13-5-9(7-17)1-3-11(13)12-4-2-10(8-18)6-14(12)16/h1-8H. The van der Waals surface area contributed by atoms with Crippen molar-refractivity contribution >= 4 is 57.8 Å². The summed E-state index contributed by atoms with van der Waals surface area (Å²) in [5.41, 5.74) is 3.48. The highest BCUT2D eigenvalue weighted by Crippen LogP contribution is 2.30. The van der Waals surface area contributed by atoms with Crippen LogP contribution in [0.1, 0.15) is 20.7 Å². The van der Waals surface area contributed by atoms with Crippen LogP contribution < -0.4 is 0 Å². The summed E-state index contributed by atoms with van der Waals surface area (Å²) < 4.78 is 2.04. The van der Waals surface area contributed by atoms with E-state index in [0.29, 0.717) is 11.1 Å². The van der Waals surface area contributed by atoms with Gasteiger partial charge in [-0.05, 0) is 68.4 Å². The van der Waals surface area contributed by atoms with Crippen molar-refractivity contribution in [3.63, 3.8) is 0 Å². The van der Waals surface area contributed by atoms with Crippen molar-refractivity contribution in [2.24, 2.45) is 0 Å². The highest BCUT2D eigenvalue weighted by atomic mass is 127. The number of carbonyl (C=O) groups is 2. The molecule has 0 aliphatic heterocycles. The third-order valence-electron chi connectivity index (χ3n) is 2.55. The summed E-state index contributed by atoms with van der Waals surface area (Å²) in [4.78, 5) is 21.4. The van der Waals surface area contributed by atoms with Gasteiger partial charge in [-0.1, -0.05) is 24.3 Å². The summed E-state index contributed by atoms with van der Waals surface area (Å²) in [5.74, 6) is 0. The molecule has 0 atom stereocenters. The Balaban J connectivity index is 2.55. The van der Waals surface area contributed by atoms with Crippen LogP contribution in [0, 0.1) is 7.14 Å². The lowest BCUT2D eigenvalue weighted by Crippen LogP contribution is -1.91. The second-order valence-corrected chi connectivity index (χ2v) is 6.04. The minimum absolute atomic E-state index is 0.669. The van der Waals surface area contributed by atoms with E-state index in [1.165, 1.54) is 0 Å². The van der Waals surface area contributed by atoms with E-state index in [4.69, 9.17) is 0 Å². The Labute approximate surface area is 132 Å². The van der Waals surface area contributed by atoms with E-state index in [1.807, 2.05) is 24.3 Å². The van der Waals surface area contributed by atoms with E-state index in [1.54, 1.807) is 12.1 Å². The Morgan fingerprint density at radius 1 is 0.722 bits per heavy atom. The quantitative estimate of drug-likeness (QED) is 0.507. The summed E-state index contributed by atoms with van der Waals surface area (Å²) >= 11 is 4.43. The molecule has 0 aliphatic rings. The molecule has 0 saturated heterocycles. The summed E-state index contributed by atoms with van der Waals surface area (Å²) in [6.07, 6.45) is 1.68. The molecule has 2 aromatic rings. The first-order chi connectivity index (χ1) is 8.65. The molecular formula is C14H8I2O2. The lowest BCUT2D eigenvalue weighted by atomic mass is 10.0. The molecule has 0 fully saturated rings. The van der Waals surface area contributed by atoms with E-state index in [9.17, 15) is 9.59 Å². The highest BCUT2D eigenvalue weighted by Gasteiger charge is 2.08. The number of carbonyl (C=O) groups excluding carboxylic acids is 2. The number of aldehydes is 2. The first kappa shape index (κ1) is 13.7. The van der Waals surface area contributed by atoms with Crippen molar-refractivity contribution < 1.29 is 9.59 Å². The third kappa shape index (κ3) is 2.80. The molecule has 2 aromatic carbocycles. The van der Waals surface area contributed by atoms with Crippen LogP contribution in [0.15, 0.2) is 36.4 Å². The van der Waals surface area contributed by atoms with Gasteiger partial charge in [-0.25, -0.2) is 0 Å². The van der Waals surface area contributed by atoms with E-state index in [2.05, 4.69) is 45.2 Å². The zero-order valence-electron chi connectivity index (χ0n) is 9.19. The minimum atomic E-state index is 0.669. The molecule has 0 spiro atoms. The van der Waals surface area contributed by atoms with Gasteiger partial charge in [-0.2, -0.15) is 0 Å². The molecule has 0 amide bonds. The summed E-state index contributed by atoms with van der Waals surface area (Å²) in [6.45, 7) is 0. The van der Waals surface area contributed by atoms with Gasteiger partial charge in [0.05, 0.1) is 0 Å². The molecule has 0 N–H and O–H groups in total. The van der Waals surface area contributed by atoms with Crippen LogP contribution in [0.5, 0.6) is 0 Å². The molecule has 2 nitrogen and oxygen atoms in total. The normalized spacial score (nSPS) is 10.1. The van der Waals surface area contributed by atoms with E-state index in [-0.39, 0.29) is 0 Å². The first-order valence-electron chi connectivity index (χ1n) is 5.15. The van der Waals surface area contributed by atoms with Crippen LogP contribution in [-0.2, 0) is 0 Å². The first-order valence-corrected chi connectivity index (χ1v) is 7.31. The monoisotopic (exact) mass is 462 g/mol. The van der Waals surface area contributed by atoms with Crippen LogP contribution >= 0.6 is 45.2 Å². The Morgan fingerprint density at radius 3 is 1.39 bits per heavy atom. The number of hydrogen-bond acceptors (Lipinski definition) is 2. The van der Waals surface area contributed by atoms with Gasteiger partial charge in [0.2, 0.25) is 0 Å². The summed E-state index contributed by atoms with van der Waals surface area (Å²) in [6, 6.07) is 11.2. The van der Waals surface area contributed by atoms with Crippen molar-refractivity contribution in [1.82, 2.24) is 0 Å². The molecule has 0 bridgehead atoms. The van der Waals surface area contributed by atoms with Gasteiger partial charge in [-0.3, -0.25) is 9.59 Å². The van der Waals surface area contributed by atoms with Crippen LogP contribution in [0.4, 0.5) is 0 Å². The third-order valence-corrected chi connectivity index (χ3v) is 4.33. The molecule has 0 radical (unpaired) electrons. The lowest BCUT2D eigenvalue weighted by molar-refractivity contribution is 0.111. The molecule has 2 rings (SSSR count). The maximum atomic E-state index is 10.7. The molecule has 0 saturated carbocycles. The Kier molecular flexibility index (Phi) is 4.50. The van der Waals surface area contributed by atoms with Gasteiger partial charge in [0.25, 0.3) is 0 Å². The molecular weight excluding hydrogens is 454 g/mol. The Hall–Kier alpha value is -0.760. The van der Waals surface area contributed by atoms with Gasteiger partial charge in [-0.15, -0.1) is 0 Å². The minimum Gasteiger partial charge on any atom is -0.298 e. The fourth-order valence-corrected chi connectivity index (χ4v) is 3.31. The Morgan fingerprint density at radius 2 is 1.11 bits per heavy atom. The molecule has 0 aliphatic carbocycles. The number of hydrogen-bond donors (Lipinski definition) is 0. The molecule has 0 heterocycles. The molecule has 90 valence electrons. The topological polar surface area (TPSA) is 34.1 Å². The fourth-order valence-electron chi connectivity index (χ4n) is 1.65. The molecule has 18 heavy (non-hydrogen) atoms. The number of rotatable bonds is 3. The highest BCUT2D eigenvalue weighted by molar-refractivity contribution is 14.1. The van der Waals surface area contributed by atoms with Crippen LogP contribution in [0.3, 0.4) is 0 Å². The van der Waals surface area contributed by atoms with Crippen molar-refractivity contribution in [2.75, 3.05) is 0 Å². The SMILES string of the molecule is O=Cc1ccc(-c2ccc(C=O)cc2I)c(I)c1. The van der Waals surface area contributed by atoms with Crippen LogP contribution in [0.25, 0.3) is 11.1 Å². The largest absolute Gasteiger partial charge is 0.298 e. The van der Waals surface area contributed by atoms with Gasteiger partial charge in [0.1, 0.15) is 12.6 Å². The molecule has 0 aromatic heterocycles. The summed E-state index contributed by atoms with van der Waals surface area (Å²) in [5, 5.41) is 0. The van der Waals surface area contributed by atoms with Gasteiger partial charge in [0.15, 0.2) is 0 Å².